The predicted molar refractivity (Wildman–Crippen MR) is 94.4 cm³/mol. The molecule has 24 heavy (non-hydrogen) atoms. The largest absolute Gasteiger partial charge is 0.356 e. The second-order valence-corrected chi connectivity index (χ2v) is 6.89. The first-order chi connectivity index (χ1) is 11.4. The lowest BCUT2D eigenvalue weighted by Gasteiger charge is -2.17. The summed E-state index contributed by atoms with van der Waals surface area (Å²) in [5, 5.41) is 5.66. The zero-order valence-electron chi connectivity index (χ0n) is 14.6. The molecule has 2 aromatic rings. The van der Waals surface area contributed by atoms with Gasteiger partial charge in [-0.05, 0) is 18.6 Å². The summed E-state index contributed by atoms with van der Waals surface area (Å²) in [7, 11) is 0. The molecule has 0 radical (unpaired) electrons. The molecule has 0 fully saturated rings. The number of carbonyl (C=O) groups is 2. The van der Waals surface area contributed by atoms with Gasteiger partial charge in [-0.3, -0.25) is 9.59 Å². The molecule has 6 nitrogen and oxygen atoms in total. The summed E-state index contributed by atoms with van der Waals surface area (Å²) < 4.78 is 2.09. The lowest BCUT2D eigenvalue weighted by Crippen LogP contribution is -2.37. The Labute approximate surface area is 142 Å². The van der Waals surface area contributed by atoms with Crippen molar-refractivity contribution in [1.82, 2.24) is 20.2 Å². The molecule has 1 aromatic heterocycles. The second-order valence-electron chi connectivity index (χ2n) is 6.89. The van der Waals surface area contributed by atoms with Gasteiger partial charge in [-0.15, -0.1) is 0 Å². The lowest BCUT2D eigenvalue weighted by molar-refractivity contribution is -0.128. The topological polar surface area (TPSA) is 76.0 Å². The molecule has 6 heteroatoms. The van der Waals surface area contributed by atoms with Gasteiger partial charge in [0.05, 0.1) is 17.4 Å². The van der Waals surface area contributed by atoms with Crippen molar-refractivity contribution in [2.24, 2.45) is 5.41 Å². The molecule has 1 heterocycles. The van der Waals surface area contributed by atoms with Gasteiger partial charge < -0.3 is 15.2 Å². The number of aryl methyl sites for hydroxylation is 1. The molecule has 130 valence electrons. The fraction of sp³-hybridized carbons (Fsp3) is 0.500. The van der Waals surface area contributed by atoms with E-state index in [0.29, 0.717) is 19.5 Å². The van der Waals surface area contributed by atoms with E-state index in [4.69, 9.17) is 0 Å². The third kappa shape index (κ3) is 5.08. The van der Waals surface area contributed by atoms with Gasteiger partial charge in [0.1, 0.15) is 0 Å². The molecule has 0 aliphatic rings. The zero-order chi connectivity index (χ0) is 17.6. The first-order valence-electron chi connectivity index (χ1n) is 8.33. The monoisotopic (exact) mass is 330 g/mol. The maximum absolute atomic E-state index is 11.8. The summed E-state index contributed by atoms with van der Waals surface area (Å²) in [6.07, 6.45) is 2.96. The highest BCUT2D eigenvalue weighted by atomic mass is 16.2. The van der Waals surface area contributed by atoms with Crippen LogP contribution in [0.2, 0.25) is 0 Å². The molecule has 2 N–H and O–H groups in total. The van der Waals surface area contributed by atoms with Crippen molar-refractivity contribution in [1.29, 1.82) is 0 Å². The highest BCUT2D eigenvalue weighted by Gasteiger charge is 2.20. The van der Waals surface area contributed by atoms with Crippen molar-refractivity contribution in [3.05, 3.63) is 30.6 Å². The number of hydrogen-bond acceptors (Lipinski definition) is 3. The number of amides is 2. The predicted octanol–water partition coefficient (Wildman–Crippen LogP) is 2.09. The van der Waals surface area contributed by atoms with Crippen LogP contribution in [0.4, 0.5) is 0 Å². The fourth-order valence-electron chi connectivity index (χ4n) is 2.31. The molecule has 0 saturated heterocycles. The molecule has 0 saturated carbocycles. The van der Waals surface area contributed by atoms with E-state index in [1.165, 1.54) is 0 Å². The zero-order valence-corrected chi connectivity index (χ0v) is 14.6. The molecule has 0 unspecified atom stereocenters. The van der Waals surface area contributed by atoms with E-state index in [9.17, 15) is 9.59 Å². The van der Waals surface area contributed by atoms with Crippen molar-refractivity contribution in [2.45, 2.75) is 40.2 Å². The molecular formula is C18H26N4O2. The van der Waals surface area contributed by atoms with Crippen LogP contribution in [0.25, 0.3) is 11.0 Å². The Kier molecular flexibility index (Phi) is 5.95. The van der Waals surface area contributed by atoms with Gasteiger partial charge >= 0.3 is 0 Å². The van der Waals surface area contributed by atoms with E-state index in [-0.39, 0.29) is 11.8 Å². The van der Waals surface area contributed by atoms with E-state index >= 15 is 0 Å². The number of nitrogens with one attached hydrogen (secondary N) is 2. The number of imidazole rings is 1. The van der Waals surface area contributed by atoms with Crippen molar-refractivity contribution in [2.75, 3.05) is 13.1 Å². The van der Waals surface area contributed by atoms with Crippen LogP contribution in [0.3, 0.4) is 0 Å². The number of para-hydroxylation sites is 2. The molecule has 0 atom stereocenters. The first kappa shape index (κ1) is 18.0. The van der Waals surface area contributed by atoms with Gasteiger partial charge in [-0.1, -0.05) is 32.9 Å². The van der Waals surface area contributed by atoms with E-state index in [2.05, 4.69) is 20.2 Å². The quantitative estimate of drug-likeness (QED) is 0.763. The van der Waals surface area contributed by atoms with Crippen LogP contribution in [-0.2, 0) is 16.1 Å². The fourth-order valence-corrected chi connectivity index (χ4v) is 2.31. The van der Waals surface area contributed by atoms with Crippen molar-refractivity contribution in [3.63, 3.8) is 0 Å². The highest BCUT2D eigenvalue weighted by molar-refractivity contribution is 5.82. The van der Waals surface area contributed by atoms with Gasteiger partial charge in [0.25, 0.3) is 0 Å². The molecule has 1 aromatic carbocycles. The second kappa shape index (κ2) is 7.95. The highest BCUT2D eigenvalue weighted by Crippen LogP contribution is 2.12. The Hall–Kier alpha value is -2.37. The SMILES string of the molecule is CC(C)(C)C(=O)NCCC(=O)NCCCn1cnc2ccccc21. The van der Waals surface area contributed by atoms with Gasteiger partial charge in [0.2, 0.25) is 11.8 Å². The standard InChI is InChI=1S/C18H26N4O2/c1-18(2,3)17(24)20-11-9-16(23)19-10-6-12-22-13-21-14-7-4-5-8-15(14)22/h4-5,7-8,13H,6,9-12H2,1-3H3,(H,19,23)(H,20,24). The smallest absolute Gasteiger partial charge is 0.225 e. The summed E-state index contributed by atoms with van der Waals surface area (Å²) in [5.41, 5.74) is 1.66. The van der Waals surface area contributed by atoms with Crippen LogP contribution in [0, 0.1) is 5.41 Å². The third-order valence-corrected chi connectivity index (χ3v) is 3.74. The molecule has 2 rings (SSSR count). The minimum Gasteiger partial charge on any atom is -0.356 e. The summed E-state index contributed by atoms with van der Waals surface area (Å²) in [6, 6.07) is 7.99. The van der Waals surface area contributed by atoms with E-state index in [0.717, 1.165) is 24.0 Å². The number of fused-ring (bicyclic) bond motifs is 1. The maximum Gasteiger partial charge on any atom is 0.225 e. The van der Waals surface area contributed by atoms with E-state index in [1.54, 1.807) is 0 Å². The number of carbonyl (C=O) groups excluding carboxylic acids is 2. The molecule has 0 bridgehead atoms. The minimum atomic E-state index is -0.427. The van der Waals surface area contributed by atoms with E-state index in [1.807, 2.05) is 51.4 Å². The third-order valence-electron chi connectivity index (χ3n) is 3.74. The Balaban J connectivity index is 1.64. The van der Waals surface area contributed by atoms with Crippen molar-refractivity contribution < 1.29 is 9.59 Å². The number of benzene rings is 1. The van der Waals surface area contributed by atoms with Crippen molar-refractivity contribution in [3.8, 4) is 0 Å². The Morgan fingerprint density at radius 2 is 1.88 bits per heavy atom. The van der Waals surface area contributed by atoms with Crippen LogP contribution >= 0.6 is 0 Å². The summed E-state index contributed by atoms with van der Waals surface area (Å²) >= 11 is 0. The summed E-state index contributed by atoms with van der Waals surface area (Å²) in [6.45, 7) is 7.33. The Bertz CT molecular complexity index is 700. The number of nitrogens with zero attached hydrogens (tertiary/aromatic N) is 2. The van der Waals surface area contributed by atoms with Crippen LogP contribution in [0.15, 0.2) is 30.6 Å². The van der Waals surface area contributed by atoms with Crippen LogP contribution in [0.5, 0.6) is 0 Å². The normalized spacial score (nSPS) is 11.5. The molecule has 0 aliphatic carbocycles. The average Bonchev–Trinajstić information content (AvgIpc) is 2.94. The van der Waals surface area contributed by atoms with Crippen LogP contribution in [-0.4, -0.2) is 34.5 Å². The van der Waals surface area contributed by atoms with Gasteiger partial charge in [-0.25, -0.2) is 4.98 Å². The lowest BCUT2D eigenvalue weighted by atomic mass is 9.96. The van der Waals surface area contributed by atoms with Crippen LogP contribution in [0.1, 0.15) is 33.6 Å². The van der Waals surface area contributed by atoms with Crippen molar-refractivity contribution >= 4 is 22.8 Å². The van der Waals surface area contributed by atoms with Crippen LogP contribution < -0.4 is 10.6 Å². The minimum absolute atomic E-state index is 0.0396. The van der Waals surface area contributed by atoms with Gasteiger partial charge in [0, 0.05) is 31.5 Å². The Morgan fingerprint density at radius 1 is 1.12 bits per heavy atom. The average molecular weight is 330 g/mol. The van der Waals surface area contributed by atoms with E-state index < -0.39 is 5.41 Å². The number of rotatable bonds is 7. The van der Waals surface area contributed by atoms with Gasteiger partial charge in [-0.2, -0.15) is 0 Å². The van der Waals surface area contributed by atoms with Gasteiger partial charge in [0.15, 0.2) is 0 Å². The number of hydrogen-bond donors (Lipinski definition) is 2. The number of aromatic nitrogens is 2. The molecule has 0 spiro atoms. The molecule has 2 amide bonds. The first-order valence-corrected chi connectivity index (χ1v) is 8.33. The Morgan fingerprint density at radius 3 is 2.62 bits per heavy atom. The summed E-state index contributed by atoms with van der Waals surface area (Å²) in [4.78, 5) is 27.8. The molecule has 0 aliphatic heterocycles. The summed E-state index contributed by atoms with van der Waals surface area (Å²) in [5.74, 6) is -0.0815. The maximum atomic E-state index is 11.8. The molecular weight excluding hydrogens is 304 g/mol.